The lowest BCUT2D eigenvalue weighted by atomic mass is 10.0. The first-order valence-electron chi connectivity index (χ1n) is 27.9. The summed E-state index contributed by atoms with van der Waals surface area (Å²) < 4.78 is 5.93. The van der Waals surface area contributed by atoms with E-state index in [1.165, 1.54) is 167 Å². The zero-order chi connectivity index (χ0) is 46.7. The van der Waals surface area contributed by atoms with Gasteiger partial charge in [-0.3, -0.25) is 9.59 Å². The number of rotatable bonds is 50. The Morgan fingerprint density at radius 2 is 0.797 bits per heavy atom. The molecule has 0 radical (unpaired) electrons. The van der Waals surface area contributed by atoms with E-state index in [4.69, 9.17) is 4.74 Å². The van der Waals surface area contributed by atoms with Crippen molar-refractivity contribution in [2.75, 3.05) is 6.61 Å². The van der Waals surface area contributed by atoms with Crippen LogP contribution in [0.4, 0.5) is 0 Å². The minimum atomic E-state index is -0.795. The highest BCUT2D eigenvalue weighted by atomic mass is 16.5. The zero-order valence-electron chi connectivity index (χ0n) is 42.7. The molecule has 0 fully saturated rings. The molecule has 0 aliphatic heterocycles. The molecule has 64 heavy (non-hydrogen) atoms. The molecule has 0 bridgehead atoms. The summed E-state index contributed by atoms with van der Waals surface area (Å²) in [5, 5.41) is 23.8. The van der Waals surface area contributed by atoms with Gasteiger partial charge in [0.1, 0.15) is 6.10 Å². The third kappa shape index (κ3) is 46.4. The highest BCUT2D eigenvalue weighted by Gasteiger charge is 2.24. The van der Waals surface area contributed by atoms with E-state index in [2.05, 4.69) is 74.7 Å². The first kappa shape index (κ1) is 61.8. The Kier molecular flexibility index (Phi) is 50.0. The molecule has 0 saturated heterocycles. The number of carbonyl (C=O) groups excluding carboxylic acids is 2. The van der Waals surface area contributed by atoms with E-state index in [1.807, 2.05) is 0 Å². The normalized spacial score (nSPS) is 13.5. The molecule has 6 heteroatoms. The monoisotopic (exact) mass is 898 g/mol. The van der Waals surface area contributed by atoms with Crippen molar-refractivity contribution in [3.63, 3.8) is 0 Å². The van der Waals surface area contributed by atoms with E-state index in [0.717, 1.165) is 64.2 Å². The van der Waals surface area contributed by atoms with Gasteiger partial charge < -0.3 is 20.3 Å². The third-order valence-electron chi connectivity index (χ3n) is 12.7. The maximum Gasteiger partial charge on any atom is 0.306 e. The van der Waals surface area contributed by atoms with Crippen LogP contribution in [-0.4, -0.2) is 46.9 Å². The van der Waals surface area contributed by atoms with Crippen LogP contribution in [0, 0.1) is 0 Å². The standard InChI is InChI=1S/C58H107NO5/c1-4-7-10-13-16-19-22-25-27-29-31-33-36-39-42-45-48-51-58(63)64-54(49-46-43-40-37-34-32-30-28-26-23-20-17-14-11-8-5-2)52-57(62)59-55(53-60)56(61)50-47-44-41-38-35-24-21-18-15-12-9-6-3/h16,19,25,27,31,33,39,42,54-56,60-61H,4-15,17-18,20-24,26,28-30,32,34-38,40-41,43-53H2,1-3H3,(H,59,62)/b19-16-,27-25-,33-31-,42-39-. The summed E-state index contributed by atoms with van der Waals surface area (Å²) in [4.78, 5) is 26.2. The molecule has 1 amide bonds. The largest absolute Gasteiger partial charge is 0.462 e. The van der Waals surface area contributed by atoms with Crippen LogP contribution in [0.5, 0.6) is 0 Å². The van der Waals surface area contributed by atoms with Crippen LogP contribution in [0.15, 0.2) is 48.6 Å². The fourth-order valence-corrected chi connectivity index (χ4v) is 8.42. The molecule has 3 N–H and O–H groups in total. The number of aliphatic hydroxyl groups is 2. The summed E-state index contributed by atoms with van der Waals surface area (Å²) in [6.45, 7) is 6.46. The van der Waals surface area contributed by atoms with Gasteiger partial charge in [-0.2, -0.15) is 0 Å². The molecular weight excluding hydrogens is 791 g/mol. The summed E-state index contributed by atoms with van der Waals surface area (Å²) >= 11 is 0. The molecule has 0 aliphatic rings. The average Bonchev–Trinajstić information content (AvgIpc) is 3.29. The Hall–Kier alpha value is -2.18. The van der Waals surface area contributed by atoms with Crippen molar-refractivity contribution in [3.05, 3.63) is 48.6 Å². The van der Waals surface area contributed by atoms with E-state index in [0.29, 0.717) is 25.7 Å². The molecule has 3 unspecified atom stereocenters. The molecule has 0 aromatic carbocycles. The molecule has 0 aromatic heterocycles. The number of carbonyl (C=O) groups is 2. The van der Waals surface area contributed by atoms with E-state index < -0.39 is 18.2 Å². The lowest BCUT2D eigenvalue weighted by molar-refractivity contribution is -0.151. The Labute approximate surface area is 397 Å². The predicted molar refractivity (Wildman–Crippen MR) is 278 cm³/mol. The Morgan fingerprint density at radius 3 is 1.20 bits per heavy atom. The first-order valence-corrected chi connectivity index (χ1v) is 27.9. The van der Waals surface area contributed by atoms with E-state index >= 15 is 0 Å². The summed E-state index contributed by atoms with van der Waals surface area (Å²) in [5.41, 5.74) is 0. The van der Waals surface area contributed by atoms with Gasteiger partial charge in [-0.1, -0.05) is 256 Å². The van der Waals surface area contributed by atoms with Gasteiger partial charge in [0.2, 0.25) is 5.91 Å². The van der Waals surface area contributed by atoms with Crippen LogP contribution < -0.4 is 5.32 Å². The van der Waals surface area contributed by atoms with Crippen molar-refractivity contribution in [1.29, 1.82) is 0 Å². The number of nitrogens with one attached hydrogen (secondary N) is 1. The van der Waals surface area contributed by atoms with Gasteiger partial charge in [0.15, 0.2) is 0 Å². The van der Waals surface area contributed by atoms with Crippen LogP contribution in [-0.2, 0) is 14.3 Å². The van der Waals surface area contributed by atoms with Crippen LogP contribution in [0.2, 0.25) is 0 Å². The maximum absolute atomic E-state index is 13.2. The Morgan fingerprint density at radius 1 is 0.453 bits per heavy atom. The van der Waals surface area contributed by atoms with Crippen LogP contribution >= 0.6 is 0 Å². The predicted octanol–water partition coefficient (Wildman–Crippen LogP) is 17.0. The minimum Gasteiger partial charge on any atom is -0.462 e. The second kappa shape index (κ2) is 51.8. The van der Waals surface area contributed by atoms with Crippen LogP contribution in [0.3, 0.4) is 0 Å². The number of hydrogen-bond donors (Lipinski definition) is 3. The van der Waals surface area contributed by atoms with Gasteiger partial charge >= 0.3 is 5.97 Å². The van der Waals surface area contributed by atoms with Crippen molar-refractivity contribution in [2.45, 2.75) is 302 Å². The van der Waals surface area contributed by atoms with Crippen LogP contribution in [0.1, 0.15) is 284 Å². The van der Waals surface area contributed by atoms with Gasteiger partial charge in [0, 0.05) is 6.42 Å². The number of aliphatic hydroxyl groups excluding tert-OH is 2. The van der Waals surface area contributed by atoms with Crippen molar-refractivity contribution >= 4 is 11.9 Å². The zero-order valence-corrected chi connectivity index (χ0v) is 42.7. The summed E-state index contributed by atoms with van der Waals surface area (Å²) in [6, 6.07) is -0.711. The van der Waals surface area contributed by atoms with Crippen molar-refractivity contribution < 1.29 is 24.5 Å². The molecule has 0 rings (SSSR count). The molecule has 0 spiro atoms. The summed E-state index contributed by atoms with van der Waals surface area (Å²) in [5.74, 6) is -0.529. The lowest BCUT2D eigenvalue weighted by Crippen LogP contribution is -2.46. The number of ether oxygens (including phenoxy) is 1. The fourth-order valence-electron chi connectivity index (χ4n) is 8.42. The van der Waals surface area contributed by atoms with Gasteiger partial charge in [0.25, 0.3) is 0 Å². The number of hydrogen-bond acceptors (Lipinski definition) is 5. The third-order valence-corrected chi connectivity index (χ3v) is 12.7. The molecule has 374 valence electrons. The van der Waals surface area contributed by atoms with Gasteiger partial charge in [-0.15, -0.1) is 0 Å². The highest BCUT2D eigenvalue weighted by molar-refractivity contribution is 5.77. The number of allylic oxidation sites excluding steroid dienone is 8. The van der Waals surface area contributed by atoms with Gasteiger partial charge in [-0.05, 0) is 64.2 Å². The maximum atomic E-state index is 13.2. The smallest absolute Gasteiger partial charge is 0.306 e. The topological polar surface area (TPSA) is 95.9 Å². The number of amides is 1. The Bertz CT molecular complexity index is 1100. The SMILES string of the molecule is CCCCC/C=C\C/C=C\C/C=C\C/C=C\CCCC(=O)OC(CCCCCCCCCCCCCCCCCC)CC(=O)NC(CO)C(O)CCCCCCCCCCCCCC. The molecule has 3 atom stereocenters. The molecule has 0 saturated carbocycles. The van der Waals surface area contributed by atoms with Gasteiger partial charge in [0.05, 0.1) is 25.2 Å². The summed E-state index contributed by atoms with van der Waals surface area (Å²) in [6.07, 6.45) is 63.2. The minimum absolute atomic E-state index is 0.0590. The quantitative estimate of drug-likeness (QED) is 0.0321. The molecule has 6 nitrogen and oxygen atoms in total. The molecule has 0 aliphatic carbocycles. The Balaban J connectivity index is 4.64. The van der Waals surface area contributed by atoms with E-state index in [9.17, 15) is 19.8 Å². The second-order valence-electron chi connectivity index (χ2n) is 19.0. The van der Waals surface area contributed by atoms with E-state index in [-0.39, 0.29) is 24.9 Å². The summed E-state index contributed by atoms with van der Waals surface area (Å²) in [7, 11) is 0. The first-order chi connectivity index (χ1) is 31.5. The van der Waals surface area contributed by atoms with E-state index in [1.54, 1.807) is 0 Å². The van der Waals surface area contributed by atoms with Crippen molar-refractivity contribution in [3.8, 4) is 0 Å². The second-order valence-corrected chi connectivity index (χ2v) is 19.0. The average molecular weight is 898 g/mol. The van der Waals surface area contributed by atoms with Crippen molar-refractivity contribution in [1.82, 2.24) is 5.32 Å². The number of unbranched alkanes of at least 4 members (excludes halogenated alkanes) is 30. The molecular formula is C58H107NO5. The molecule has 0 aromatic rings. The fraction of sp³-hybridized carbons (Fsp3) is 0.828. The highest BCUT2D eigenvalue weighted by Crippen LogP contribution is 2.18. The van der Waals surface area contributed by atoms with Crippen LogP contribution in [0.25, 0.3) is 0 Å². The number of esters is 1. The molecule has 0 heterocycles. The lowest BCUT2D eigenvalue weighted by Gasteiger charge is -2.24. The van der Waals surface area contributed by atoms with Gasteiger partial charge in [-0.25, -0.2) is 0 Å². The van der Waals surface area contributed by atoms with Crippen molar-refractivity contribution in [2.24, 2.45) is 0 Å².